The smallest absolute Gasteiger partial charge is 0.190 e. The number of nitrogens with zero attached hydrogens (tertiary/aromatic N) is 3. The van der Waals surface area contributed by atoms with Crippen LogP contribution in [0, 0.1) is 0 Å². The van der Waals surface area contributed by atoms with Crippen LogP contribution in [0.25, 0.3) is 11.3 Å². The zero-order valence-corrected chi connectivity index (χ0v) is 13.0. The first-order valence-electron chi connectivity index (χ1n) is 7.23. The molecule has 1 aliphatic heterocycles. The number of rotatable bonds is 2. The summed E-state index contributed by atoms with van der Waals surface area (Å²) in [4.78, 5) is 4.75. The number of fused-ring (bicyclic) bond motifs is 1. The first-order valence-corrected chi connectivity index (χ1v) is 8.11. The molecule has 0 bridgehead atoms. The molecule has 0 fully saturated rings. The summed E-state index contributed by atoms with van der Waals surface area (Å²) in [6.07, 6.45) is 2.00. The molecule has 108 valence electrons. The monoisotopic (exact) mass is 305 g/mol. The van der Waals surface area contributed by atoms with Crippen LogP contribution in [-0.2, 0) is 0 Å². The third-order valence-corrected chi connectivity index (χ3v) is 5.03. The molecule has 3 aromatic rings. The van der Waals surface area contributed by atoms with Crippen LogP contribution in [0.15, 0.2) is 77.1 Å². The molecule has 0 spiro atoms. The lowest BCUT2D eigenvalue weighted by molar-refractivity contribution is 0.747. The average Bonchev–Trinajstić information content (AvgIpc) is 2.98. The zero-order valence-electron chi connectivity index (χ0n) is 12.2. The molecular formula is C18H15N3S. The lowest BCUT2D eigenvalue weighted by Crippen LogP contribution is -2.13. The van der Waals surface area contributed by atoms with Crippen LogP contribution in [-0.4, -0.2) is 15.4 Å². The van der Waals surface area contributed by atoms with Crippen LogP contribution in [0.3, 0.4) is 0 Å². The predicted molar refractivity (Wildman–Crippen MR) is 91.2 cm³/mol. The highest BCUT2D eigenvalue weighted by molar-refractivity contribution is 8.00. The van der Waals surface area contributed by atoms with E-state index in [0.29, 0.717) is 0 Å². The first kappa shape index (κ1) is 13.3. The van der Waals surface area contributed by atoms with E-state index >= 15 is 0 Å². The molecule has 0 aliphatic carbocycles. The number of aromatic nitrogens is 2. The van der Waals surface area contributed by atoms with E-state index in [1.807, 2.05) is 35.1 Å². The summed E-state index contributed by atoms with van der Waals surface area (Å²) >= 11 is 1.75. The molecule has 0 unspecified atom stereocenters. The Bertz CT molecular complexity index is 822. The number of hydrogen-bond acceptors (Lipinski definition) is 3. The standard InChI is InChI=1S/C18H15N3S/c1-13-17(15-10-6-3-7-11-15)22-18-19-16(12-21(18)20-13)14-8-4-2-5-9-14/h2-12,17H,1H3/t17-/m0/s1. The van der Waals surface area contributed by atoms with Gasteiger partial charge in [-0.05, 0) is 12.5 Å². The molecule has 2 aromatic carbocycles. The number of imidazole rings is 1. The van der Waals surface area contributed by atoms with Crippen molar-refractivity contribution < 1.29 is 0 Å². The van der Waals surface area contributed by atoms with Crippen molar-refractivity contribution in [2.45, 2.75) is 17.3 Å². The molecule has 1 atom stereocenters. The van der Waals surface area contributed by atoms with Gasteiger partial charge in [0.1, 0.15) is 0 Å². The summed E-state index contributed by atoms with van der Waals surface area (Å²) in [5.41, 5.74) is 4.45. The maximum absolute atomic E-state index is 4.75. The molecule has 0 saturated heterocycles. The Morgan fingerprint density at radius 3 is 2.36 bits per heavy atom. The Kier molecular flexibility index (Phi) is 3.31. The molecule has 0 N–H and O–H groups in total. The van der Waals surface area contributed by atoms with Crippen LogP contribution in [0.2, 0.25) is 0 Å². The van der Waals surface area contributed by atoms with Crippen molar-refractivity contribution >= 4 is 17.5 Å². The molecule has 0 radical (unpaired) electrons. The zero-order chi connectivity index (χ0) is 14.9. The fourth-order valence-corrected chi connectivity index (χ4v) is 3.68. The molecular weight excluding hydrogens is 290 g/mol. The number of benzene rings is 2. The van der Waals surface area contributed by atoms with Crippen molar-refractivity contribution in [3.63, 3.8) is 0 Å². The van der Waals surface area contributed by atoms with Gasteiger partial charge < -0.3 is 0 Å². The summed E-state index contributed by atoms with van der Waals surface area (Å²) in [7, 11) is 0. The van der Waals surface area contributed by atoms with Crippen LogP contribution in [0.5, 0.6) is 0 Å². The Morgan fingerprint density at radius 2 is 1.64 bits per heavy atom. The van der Waals surface area contributed by atoms with Gasteiger partial charge in [-0.2, -0.15) is 5.10 Å². The topological polar surface area (TPSA) is 30.2 Å². The molecule has 2 heterocycles. The Balaban J connectivity index is 1.71. The van der Waals surface area contributed by atoms with Gasteiger partial charge in [0.2, 0.25) is 0 Å². The maximum Gasteiger partial charge on any atom is 0.190 e. The highest BCUT2D eigenvalue weighted by Gasteiger charge is 2.24. The summed E-state index contributed by atoms with van der Waals surface area (Å²) in [5.74, 6) is 0. The summed E-state index contributed by atoms with van der Waals surface area (Å²) in [6.45, 7) is 2.08. The van der Waals surface area contributed by atoms with Gasteiger partial charge >= 0.3 is 0 Å². The molecule has 0 saturated carbocycles. The van der Waals surface area contributed by atoms with Crippen LogP contribution < -0.4 is 0 Å². The molecule has 1 aromatic heterocycles. The van der Waals surface area contributed by atoms with E-state index in [-0.39, 0.29) is 5.25 Å². The van der Waals surface area contributed by atoms with Gasteiger partial charge in [0.05, 0.1) is 22.9 Å². The normalized spacial score (nSPS) is 17.0. The molecule has 1 aliphatic rings. The second kappa shape index (κ2) is 5.46. The second-order valence-electron chi connectivity index (χ2n) is 5.27. The first-order chi connectivity index (χ1) is 10.8. The summed E-state index contributed by atoms with van der Waals surface area (Å²) < 4.78 is 1.89. The SMILES string of the molecule is CC1=Nn2cc(-c3ccccc3)nc2S[C@@H]1c1ccccc1. The van der Waals surface area contributed by atoms with E-state index in [1.54, 1.807) is 11.8 Å². The Morgan fingerprint density at radius 1 is 0.955 bits per heavy atom. The van der Waals surface area contributed by atoms with Gasteiger partial charge in [-0.1, -0.05) is 72.4 Å². The molecule has 4 rings (SSSR count). The average molecular weight is 305 g/mol. The van der Waals surface area contributed by atoms with Gasteiger partial charge in [0.25, 0.3) is 0 Å². The van der Waals surface area contributed by atoms with Gasteiger partial charge in [0.15, 0.2) is 5.16 Å². The van der Waals surface area contributed by atoms with Crippen molar-refractivity contribution in [2.75, 3.05) is 0 Å². The summed E-state index contributed by atoms with van der Waals surface area (Å²) in [5, 5.41) is 5.88. The Labute approximate surface area is 133 Å². The van der Waals surface area contributed by atoms with Crippen molar-refractivity contribution in [1.29, 1.82) is 0 Å². The Hall–Kier alpha value is -2.33. The highest BCUT2D eigenvalue weighted by atomic mass is 32.2. The largest absolute Gasteiger partial charge is 0.221 e. The van der Waals surface area contributed by atoms with Gasteiger partial charge in [-0.25, -0.2) is 9.66 Å². The third kappa shape index (κ3) is 2.35. The molecule has 4 heteroatoms. The summed E-state index contributed by atoms with van der Waals surface area (Å²) in [6, 6.07) is 20.7. The van der Waals surface area contributed by atoms with E-state index in [1.165, 1.54) is 5.56 Å². The van der Waals surface area contributed by atoms with E-state index in [0.717, 1.165) is 22.1 Å². The van der Waals surface area contributed by atoms with E-state index in [9.17, 15) is 0 Å². The van der Waals surface area contributed by atoms with Crippen molar-refractivity contribution in [1.82, 2.24) is 9.66 Å². The minimum atomic E-state index is 0.236. The minimum absolute atomic E-state index is 0.236. The quantitative estimate of drug-likeness (QED) is 0.691. The fourth-order valence-electron chi connectivity index (χ4n) is 2.60. The van der Waals surface area contributed by atoms with Crippen molar-refractivity contribution in [2.24, 2.45) is 5.10 Å². The van der Waals surface area contributed by atoms with E-state index in [2.05, 4.69) is 43.3 Å². The van der Waals surface area contributed by atoms with Crippen molar-refractivity contribution in [3.05, 3.63) is 72.4 Å². The number of thioether (sulfide) groups is 1. The van der Waals surface area contributed by atoms with Crippen LogP contribution in [0.1, 0.15) is 17.7 Å². The molecule has 0 amide bonds. The lowest BCUT2D eigenvalue weighted by Gasteiger charge is -2.20. The maximum atomic E-state index is 4.75. The fraction of sp³-hybridized carbons (Fsp3) is 0.111. The third-order valence-electron chi connectivity index (χ3n) is 3.70. The van der Waals surface area contributed by atoms with Crippen LogP contribution >= 0.6 is 11.8 Å². The van der Waals surface area contributed by atoms with Gasteiger partial charge in [0, 0.05) is 5.56 Å². The highest BCUT2D eigenvalue weighted by Crippen LogP contribution is 2.39. The minimum Gasteiger partial charge on any atom is -0.221 e. The number of hydrogen-bond donors (Lipinski definition) is 0. The van der Waals surface area contributed by atoms with Gasteiger partial charge in [-0.3, -0.25) is 0 Å². The van der Waals surface area contributed by atoms with Gasteiger partial charge in [-0.15, -0.1) is 0 Å². The van der Waals surface area contributed by atoms with Crippen LogP contribution in [0.4, 0.5) is 0 Å². The second-order valence-corrected chi connectivity index (χ2v) is 6.34. The predicted octanol–water partition coefficient (Wildman–Crippen LogP) is 4.62. The van der Waals surface area contributed by atoms with Crippen molar-refractivity contribution in [3.8, 4) is 11.3 Å². The molecule has 3 nitrogen and oxygen atoms in total. The van der Waals surface area contributed by atoms with E-state index in [4.69, 9.17) is 10.1 Å². The molecule has 22 heavy (non-hydrogen) atoms. The lowest BCUT2D eigenvalue weighted by atomic mass is 10.1. The van der Waals surface area contributed by atoms with E-state index < -0.39 is 0 Å².